The minimum Gasteiger partial charge on any atom is -0.294 e. The third-order valence-electron chi connectivity index (χ3n) is 4.70. The molecule has 0 spiro atoms. The number of alkyl halides is 6. The normalized spacial score (nSPS) is 13.1. The van der Waals surface area contributed by atoms with Crippen LogP contribution in [0.15, 0.2) is 61.1 Å². The molecule has 0 radical (unpaired) electrons. The van der Waals surface area contributed by atoms with Crippen LogP contribution in [0.2, 0.25) is 0 Å². The Labute approximate surface area is 173 Å². The Morgan fingerprint density at radius 3 is 2.23 bits per heavy atom. The van der Waals surface area contributed by atoms with Gasteiger partial charge in [0.1, 0.15) is 0 Å². The third-order valence-corrected chi connectivity index (χ3v) is 4.70. The molecule has 0 bridgehead atoms. The number of carbonyl (C=O) groups excluding carboxylic acids is 1. The molecule has 0 aliphatic rings. The van der Waals surface area contributed by atoms with Gasteiger partial charge in [-0.2, -0.15) is 26.3 Å². The van der Waals surface area contributed by atoms with Gasteiger partial charge in [-0.1, -0.05) is 12.1 Å². The standard InChI is InChI=1S/C22H16F6N2O/c1-13-9-15(12-29-11-13)19(31)10-17(14-4-6-16(7-5-14)21(23,24)25)20-18(22(26,27)28)3-2-8-30-20/h2-9,11-12,17H,10H2,1H3/t17-/m0/s1. The lowest BCUT2D eigenvalue weighted by molar-refractivity contribution is -0.139. The predicted octanol–water partition coefficient (Wildman–Crippen LogP) is 6.23. The fourth-order valence-corrected chi connectivity index (χ4v) is 3.22. The Morgan fingerprint density at radius 2 is 1.65 bits per heavy atom. The summed E-state index contributed by atoms with van der Waals surface area (Å²) in [7, 11) is 0. The average molecular weight is 438 g/mol. The van der Waals surface area contributed by atoms with Gasteiger partial charge < -0.3 is 0 Å². The summed E-state index contributed by atoms with van der Waals surface area (Å²) in [6, 6.07) is 7.19. The molecule has 0 fully saturated rings. The Balaban J connectivity index is 2.08. The fraction of sp³-hybridized carbons (Fsp3) is 0.227. The number of nitrogens with zero attached hydrogens (tertiary/aromatic N) is 2. The molecule has 3 rings (SSSR count). The van der Waals surface area contributed by atoms with Gasteiger partial charge in [-0.3, -0.25) is 14.8 Å². The Morgan fingerprint density at radius 1 is 0.968 bits per heavy atom. The van der Waals surface area contributed by atoms with Crippen LogP contribution in [0.4, 0.5) is 26.3 Å². The molecule has 1 aromatic carbocycles. The quantitative estimate of drug-likeness (QED) is 0.351. The average Bonchev–Trinajstić information content (AvgIpc) is 2.71. The lowest BCUT2D eigenvalue weighted by Gasteiger charge is -2.21. The highest BCUT2D eigenvalue weighted by atomic mass is 19.4. The maximum Gasteiger partial charge on any atom is 0.418 e. The van der Waals surface area contributed by atoms with Crippen LogP contribution < -0.4 is 0 Å². The van der Waals surface area contributed by atoms with Crippen LogP contribution in [0, 0.1) is 6.92 Å². The Bertz CT molecular complexity index is 1070. The van der Waals surface area contributed by atoms with Crippen LogP contribution in [0.3, 0.4) is 0 Å². The summed E-state index contributed by atoms with van der Waals surface area (Å²) >= 11 is 0. The second-order valence-corrected chi connectivity index (χ2v) is 6.98. The lowest BCUT2D eigenvalue weighted by atomic mass is 9.86. The van der Waals surface area contributed by atoms with Crippen molar-refractivity contribution in [2.24, 2.45) is 0 Å². The molecule has 0 saturated carbocycles. The van der Waals surface area contributed by atoms with Gasteiger partial charge in [0, 0.05) is 36.5 Å². The molecule has 2 heterocycles. The van der Waals surface area contributed by atoms with Gasteiger partial charge in [0.15, 0.2) is 5.78 Å². The molecule has 0 N–H and O–H groups in total. The van der Waals surface area contributed by atoms with E-state index >= 15 is 0 Å². The number of hydrogen-bond acceptors (Lipinski definition) is 3. The largest absolute Gasteiger partial charge is 0.418 e. The molecule has 0 aliphatic heterocycles. The van der Waals surface area contributed by atoms with Crippen molar-refractivity contribution in [2.45, 2.75) is 31.6 Å². The predicted molar refractivity (Wildman–Crippen MR) is 100 cm³/mol. The Kier molecular flexibility index (Phi) is 6.15. The van der Waals surface area contributed by atoms with Crippen LogP contribution in [0.5, 0.6) is 0 Å². The summed E-state index contributed by atoms with van der Waals surface area (Å²) in [5.41, 5.74) is -1.42. The number of ketones is 1. The second-order valence-electron chi connectivity index (χ2n) is 6.98. The van der Waals surface area contributed by atoms with Crippen molar-refractivity contribution >= 4 is 5.78 Å². The first-order valence-corrected chi connectivity index (χ1v) is 9.11. The summed E-state index contributed by atoms with van der Waals surface area (Å²) in [5.74, 6) is -1.70. The van der Waals surface area contributed by atoms with Crippen molar-refractivity contribution < 1.29 is 31.1 Å². The van der Waals surface area contributed by atoms with Gasteiger partial charge in [0.25, 0.3) is 0 Å². The van der Waals surface area contributed by atoms with Gasteiger partial charge in [-0.25, -0.2) is 0 Å². The molecule has 0 aliphatic carbocycles. The van der Waals surface area contributed by atoms with E-state index in [0.29, 0.717) is 5.56 Å². The van der Waals surface area contributed by atoms with Gasteiger partial charge in [-0.15, -0.1) is 0 Å². The summed E-state index contributed by atoms with van der Waals surface area (Å²) < 4.78 is 79.5. The molecule has 3 nitrogen and oxygen atoms in total. The van der Waals surface area contributed by atoms with Gasteiger partial charge in [-0.05, 0) is 48.4 Å². The van der Waals surface area contributed by atoms with E-state index < -0.39 is 47.3 Å². The number of rotatable bonds is 5. The summed E-state index contributed by atoms with van der Waals surface area (Å²) in [5, 5.41) is 0. The molecule has 2 aromatic heterocycles. The first-order valence-electron chi connectivity index (χ1n) is 9.11. The molecular formula is C22H16F6N2O. The zero-order chi connectivity index (χ0) is 22.8. The summed E-state index contributed by atoms with van der Waals surface area (Å²) in [6.45, 7) is 1.71. The molecule has 162 valence electrons. The number of aromatic nitrogens is 2. The van der Waals surface area contributed by atoms with E-state index in [1.165, 1.54) is 12.4 Å². The monoisotopic (exact) mass is 438 g/mol. The maximum atomic E-state index is 13.6. The van der Waals surface area contributed by atoms with Gasteiger partial charge in [0.2, 0.25) is 0 Å². The van der Waals surface area contributed by atoms with Crippen molar-refractivity contribution in [1.29, 1.82) is 0 Å². The van der Waals surface area contributed by atoms with E-state index in [-0.39, 0.29) is 11.1 Å². The highest BCUT2D eigenvalue weighted by Crippen LogP contribution is 2.39. The van der Waals surface area contributed by atoms with Crippen molar-refractivity contribution in [3.8, 4) is 0 Å². The van der Waals surface area contributed by atoms with E-state index in [0.717, 1.165) is 42.6 Å². The fourth-order valence-electron chi connectivity index (χ4n) is 3.22. The lowest BCUT2D eigenvalue weighted by Crippen LogP contribution is -2.17. The van der Waals surface area contributed by atoms with Crippen LogP contribution in [0.1, 0.15) is 50.6 Å². The minimum absolute atomic E-state index is 0.117. The maximum absolute atomic E-state index is 13.6. The molecule has 1 atom stereocenters. The molecule has 0 amide bonds. The van der Waals surface area contributed by atoms with E-state index in [2.05, 4.69) is 9.97 Å². The SMILES string of the molecule is Cc1cncc(C(=O)C[C@@H](c2ccc(C(F)(F)F)cc2)c2ncccc2C(F)(F)F)c1. The zero-order valence-corrected chi connectivity index (χ0v) is 16.1. The first kappa shape index (κ1) is 22.5. The smallest absolute Gasteiger partial charge is 0.294 e. The van der Waals surface area contributed by atoms with E-state index in [1.54, 1.807) is 13.0 Å². The van der Waals surface area contributed by atoms with E-state index in [4.69, 9.17) is 0 Å². The first-order chi connectivity index (χ1) is 14.5. The highest BCUT2D eigenvalue weighted by molar-refractivity contribution is 5.96. The number of Topliss-reactive ketones (excluding diaryl/α,β-unsaturated/α-hetero) is 1. The van der Waals surface area contributed by atoms with Crippen molar-refractivity contribution in [2.75, 3.05) is 0 Å². The molecule has 0 unspecified atom stereocenters. The van der Waals surface area contributed by atoms with Gasteiger partial charge in [0.05, 0.1) is 16.8 Å². The third kappa shape index (κ3) is 5.28. The number of pyridine rings is 2. The van der Waals surface area contributed by atoms with E-state index in [1.807, 2.05) is 0 Å². The van der Waals surface area contributed by atoms with Gasteiger partial charge >= 0.3 is 12.4 Å². The number of hydrogen-bond donors (Lipinski definition) is 0. The highest BCUT2D eigenvalue weighted by Gasteiger charge is 2.37. The molecular weight excluding hydrogens is 422 g/mol. The van der Waals surface area contributed by atoms with Crippen molar-refractivity contribution in [3.05, 3.63) is 94.6 Å². The second kappa shape index (κ2) is 8.49. The Hall–Kier alpha value is -3.23. The topological polar surface area (TPSA) is 42.9 Å². The van der Waals surface area contributed by atoms with Crippen LogP contribution >= 0.6 is 0 Å². The minimum atomic E-state index is -4.75. The molecule has 31 heavy (non-hydrogen) atoms. The molecule has 3 aromatic rings. The number of halogens is 6. The van der Waals surface area contributed by atoms with E-state index in [9.17, 15) is 31.1 Å². The number of aryl methyl sites for hydroxylation is 1. The van der Waals surface area contributed by atoms with Crippen LogP contribution in [-0.2, 0) is 12.4 Å². The number of carbonyl (C=O) groups is 1. The summed E-state index contributed by atoms with van der Waals surface area (Å²) in [6.07, 6.45) is -5.80. The summed E-state index contributed by atoms with van der Waals surface area (Å²) in [4.78, 5) is 20.6. The van der Waals surface area contributed by atoms with Crippen molar-refractivity contribution in [1.82, 2.24) is 9.97 Å². The molecule has 0 saturated heterocycles. The van der Waals surface area contributed by atoms with Crippen molar-refractivity contribution in [3.63, 3.8) is 0 Å². The molecule has 9 heteroatoms. The van der Waals surface area contributed by atoms with Crippen LogP contribution in [-0.4, -0.2) is 15.8 Å². The zero-order valence-electron chi connectivity index (χ0n) is 16.1. The van der Waals surface area contributed by atoms with Crippen LogP contribution in [0.25, 0.3) is 0 Å². The number of benzene rings is 1.